The summed E-state index contributed by atoms with van der Waals surface area (Å²) < 4.78 is 39.0. The van der Waals surface area contributed by atoms with Gasteiger partial charge in [-0.2, -0.15) is 4.31 Å². The van der Waals surface area contributed by atoms with Gasteiger partial charge in [0.2, 0.25) is 10.0 Å². The van der Waals surface area contributed by atoms with Crippen molar-refractivity contribution in [2.75, 3.05) is 25.0 Å². The molecule has 29 heavy (non-hydrogen) atoms. The van der Waals surface area contributed by atoms with Gasteiger partial charge in [-0.05, 0) is 66.2 Å². The normalized spacial score (nSPS) is 20.2. The molecule has 0 saturated carbocycles. The van der Waals surface area contributed by atoms with E-state index in [9.17, 15) is 13.2 Å². The molecule has 2 atom stereocenters. The van der Waals surface area contributed by atoms with Crippen molar-refractivity contribution >= 4 is 37.5 Å². The summed E-state index contributed by atoms with van der Waals surface area (Å²) in [6.07, 6.45) is -0.312. The lowest BCUT2D eigenvalue weighted by Gasteiger charge is -2.34. The van der Waals surface area contributed by atoms with Crippen LogP contribution in [0.5, 0.6) is 5.75 Å². The van der Waals surface area contributed by atoms with Gasteiger partial charge in [0.05, 0.1) is 21.6 Å². The standard InChI is InChI=1S/C20H23BrN2O5S/c1-14-11-23(12-15(2)28-14)29(25,26)17-9-7-16(8-10-17)22-20(24)13-27-19-6-4-3-5-18(19)21/h3-10,14-15H,11-13H2,1-2H3,(H,22,24)/t14-,15-/m0/s1. The SMILES string of the molecule is C[C@H]1CN(S(=O)(=O)c2ccc(NC(=O)COc3ccccc3Br)cc2)C[C@H](C)O1. The molecule has 1 saturated heterocycles. The summed E-state index contributed by atoms with van der Waals surface area (Å²) in [5.41, 5.74) is 0.494. The van der Waals surface area contributed by atoms with Crippen molar-refractivity contribution in [2.24, 2.45) is 0 Å². The molecule has 0 aromatic heterocycles. The monoisotopic (exact) mass is 482 g/mol. The highest BCUT2D eigenvalue weighted by Gasteiger charge is 2.32. The summed E-state index contributed by atoms with van der Waals surface area (Å²) >= 11 is 3.35. The topological polar surface area (TPSA) is 84.9 Å². The maximum atomic E-state index is 12.9. The minimum Gasteiger partial charge on any atom is -0.483 e. The molecular formula is C20H23BrN2O5S. The Balaban J connectivity index is 1.61. The number of morpholine rings is 1. The van der Waals surface area contributed by atoms with Crippen molar-refractivity contribution in [1.82, 2.24) is 4.31 Å². The molecule has 0 radical (unpaired) electrons. The Labute approximate surface area is 179 Å². The van der Waals surface area contributed by atoms with Crippen molar-refractivity contribution in [2.45, 2.75) is 31.0 Å². The second-order valence-electron chi connectivity index (χ2n) is 6.87. The highest BCUT2D eigenvalue weighted by Crippen LogP contribution is 2.24. The number of rotatable bonds is 6. The lowest BCUT2D eigenvalue weighted by Crippen LogP contribution is -2.48. The zero-order chi connectivity index (χ0) is 21.0. The molecule has 1 heterocycles. The first kappa shape index (κ1) is 21.8. The van der Waals surface area contributed by atoms with Gasteiger partial charge in [-0.25, -0.2) is 8.42 Å². The number of nitrogens with zero attached hydrogens (tertiary/aromatic N) is 1. The minimum atomic E-state index is -3.61. The van der Waals surface area contributed by atoms with E-state index in [-0.39, 0.29) is 29.6 Å². The van der Waals surface area contributed by atoms with E-state index in [0.717, 1.165) is 4.47 Å². The van der Waals surface area contributed by atoms with Gasteiger partial charge in [-0.1, -0.05) is 12.1 Å². The fourth-order valence-electron chi connectivity index (χ4n) is 3.09. The van der Waals surface area contributed by atoms with Crippen LogP contribution < -0.4 is 10.1 Å². The molecule has 0 unspecified atom stereocenters. The van der Waals surface area contributed by atoms with Gasteiger partial charge in [-0.15, -0.1) is 0 Å². The largest absolute Gasteiger partial charge is 0.483 e. The zero-order valence-corrected chi connectivity index (χ0v) is 18.6. The first-order chi connectivity index (χ1) is 13.8. The lowest BCUT2D eigenvalue weighted by molar-refractivity contribution is -0.118. The molecule has 2 aromatic carbocycles. The molecule has 7 nitrogen and oxygen atoms in total. The Morgan fingerprint density at radius 3 is 2.38 bits per heavy atom. The number of amides is 1. The molecule has 0 spiro atoms. The molecule has 1 aliphatic heterocycles. The Bertz CT molecular complexity index is 955. The maximum Gasteiger partial charge on any atom is 0.262 e. The molecular weight excluding hydrogens is 460 g/mol. The van der Waals surface area contributed by atoms with Gasteiger partial charge in [0.1, 0.15) is 5.75 Å². The minimum absolute atomic E-state index is 0.156. The third-order valence-corrected chi connectivity index (χ3v) is 6.86. The molecule has 156 valence electrons. The van der Waals surface area contributed by atoms with Crippen LogP contribution >= 0.6 is 15.9 Å². The summed E-state index contributed by atoms with van der Waals surface area (Å²) in [6.45, 7) is 4.18. The van der Waals surface area contributed by atoms with Crippen molar-refractivity contribution in [3.8, 4) is 5.75 Å². The molecule has 3 rings (SSSR count). The van der Waals surface area contributed by atoms with Gasteiger partial charge >= 0.3 is 0 Å². The fourth-order valence-corrected chi connectivity index (χ4v) is 5.08. The number of anilines is 1. The number of sulfonamides is 1. The van der Waals surface area contributed by atoms with E-state index in [4.69, 9.17) is 9.47 Å². The smallest absolute Gasteiger partial charge is 0.262 e. The average Bonchev–Trinajstić information content (AvgIpc) is 2.67. The highest BCUT2D eigenvalue weighted by atomic mass is 79.9. The van der Waals surface area contributed by atoms with Gasteiger partial charge < -0.3 is 14.8 Å². The Morgan fingerprint density at radius 1 is 1.14 bits per heavy atom. The van der Waals surface area contributed by atoms with Crippen LogP contribution in [0.25, 0.3) is 0 Å². The predicted octanol–water partition coefficient (Wildman–Crippen LogP) is 3.26. The van der Waals surface area contributed by atoms with E-state index < -0.39 is 10.0 Å². The number of halogens is 1. The Kier molecular flexibility index (Phi) is 6.94. The van der Waals surface area contributed by atoms with E-state index in [1.165, 1.54) is 16.4 Å². The Morgan fingerprint density at radius 2 is 1.76 bits per heavy atom. The van der Waals surface area contributed by atoms with Crippen molar-refractivity contribution in [3.63, 3.8) is 0 Å². The van der Waals surface area contributed by atoms with Crippen LogP contribution in [0.15, 0.2) is 57.9 Å². The molecule has 1 aliphatic rings. The van der Waals surface area contributed by atoms with Crippen LogP contribution in [-0.2, 0) is 19.6 Å². The van der Waals surface area contributed by atoms with E-state index in [2.05, 4.69) is 21.2 Å². The zero-order valence-electron chi connectivity index (χ0n) is 16.2. The predicted molar refractivity (Wildman–Crippen MR) is 113 cm³/mol. The van der Waals surface area contributed by atoms with E-state index in [1.54, 1.807) is 18.2 Å². The van der Waals surface area contributed by atoms with Crippen molar-refractivity contribution in [1.29, 1.82) is 0 Å². The van der Waals surface area contributed by atoms with Crippen molar-refractivity contribution in [3.05, 3.63) is 53.0 Å². The second kappa shape index (κ2) is 9.25. The first-order valence-electron chi connectivity index (χ1n) is 9.18. The number of hydrogen-bond acceptors (Lipinski definition) is 5. The van der Waals surface area contributed by atoms with Crippen LogP contribution in [0, 0.1) is 0 Å². The molecule has 1 amide bonds. The van der Waals surface area contributed by atoms with Crippen LogP contribution in [0.4, 0.5) is 5.69 Å². The molecule has 0 bridgehead atoms. The summed E-state index contributed by atoms with van der Waals surface area (Å²) in [5, 5.41) is 2.70. The molecule has 1 N–H and O–H groups in total. The molecule has 9 heteroatoms. The van der Waals surface area contributed by atoms with Gasteiger partial charge in [0, 0.05) is 18.8 Å². The average molecular weight is 483 g/mol. The number of carbonyl (C=O) groups is 1. The lowest BCUT2D eigenvalue weighted by atomic mass is 10.3. The van der Waals surface area contributed by atoms with Crippen molar-refractivity contribution < 1.29 is 22.7 Å². The summed E-state index contributed by atoms with van der Waals surface area (Å²) in [6, 6.07) is 13.4. The van der Waals surface area contributed by atoms with Gasteiger partial charge in [0.15, 0.2) is 6.61 Å². The summed E-state index contributed by atoms with van der Waals surface area (Å²) in [4.78, 5) is 12.3. The summed E-state index contributed by atoms with van der Waals surface area (Å²) in [5.74, 6) is 0.227. The third kappa shape index (κ3) is 5.57. The second-order valence-corrected chi connectivity index (χ2v) is 9.66. The van der Waals surface area contributed by atoms with E-state index >= 15 is 0 Å². The molecule has 2 aromatic rings. The number of hydrogen-bond donors (Lipinski definition) is 1. The number of para-hydroxylation sites is 1. The number of nitrogens with one attached hydrogen (secondary N) is 1. The van der Waals surface area contributed by atoms with Gasteiger partial charge in [-0.3, -0.25) is 4.79 Å². The van der Waals surface area contributed by atoms with Gasteiger partial charge in [0.25, 0.3) is 5.91 Å². The first-order valence-corrected chi connectivity index (χ1v) is 11.4. The number of ether oxygens (including phenoxy) is 2. The fraction of sp³-hybridized carbons (Fsp3) is 0.350. The Hall–Kier alpha value is -1.94. The van der Waals surface area contributed by atoms with Crippen LogP contribution in [-0.4, -0.2) is 50.5 Å². The van der Waals surface area contributed by atoms with E-state index in [1.807, 2.05) is 32.0 Å². The van der Waals surface area contributed by atoms with E-state index in [0.29, 0.717) is 24.5 Å². The van der Waals surface area contributed by atoms with Crippen LogP contribution in [0.2, 0.25) is 0 Å². The molecule has 0 aliphatic carbocycles. The highest BCUT2D eigenvalue weighted by molar-refractivity contribution is 9.10. The van der Waals surface area contributed by atoms with Crippen LogP contribution in [0.1, 0.15) is 13.8 Å². The summed E-state index contributed by atoms with van der Waals surface area (Å²) in [7, 11) is -3.61. The number of carbonyl (C=O) groups excluding carboxylic acids is 1. The number of benzene rings is 2. The third-order valence-electron chi connectivity index (χ3n) is 4.36. The quantitative estimate of drug-likeness (QED) is 0.682. The van der Waals surface area contributed by atoms with Crippen LogP contribution in [0.3, 0.4) is 0 Å². The maximum absolute atomic E-state index is 12.9. The molecule has 1 fully saturated rings.